The Bertz CT molecular complexity index is 1140. The van der Waals surface area contributed by atoms with Gasteiger partial charge in [-0.2, -0.15) is 5.10 Å². The lowest BCUT2D eigenvalue weighted by Gasteiger charge is -2.26. The van der Waals surface area contributed by atoms with Crippen molar-refractivity contribution in [3.05, 3.63) is 53.6 Å². The zero-order valence-electron chi connectivity index (χ0n) is 15.5. The number of rotatable bonds is 0. The molecule has 1 N–H and O–H groups in total. The number of amides is 1. The summed E-state index contributed by atoms with van der Waals surface area (Å²) in [4.78, 5) is 23.4. The molecule has 0 unspecified atom stereocenters. The van der Waals surface area contributed by atoms with E-state index in [1.807, 2.05) is 0 Å². The van der Waals surface area contributed by atoms with Crippen LogP contribution in [-0.4, -0.2) is 39.3 Å². The second-order valence-electron chi connectivity index (χ2n) is 7.78. The number of ether oxygens (including phenoxy) is 1. The van der Waals surface area contributed by atoms with Gasteiger partial charge in [0.05, 0.1) is 24.4 Å². The van der Waals surface area contributed by atoms with Gasteiger partial charge in [-0.3, -0.25) is 9.63 Å². The molecule has 9 heteroatoms. The number of hydroxylamine groups is 1. The molecule has 148 valence electrons. The normalized spacial score (nSPS) is 22.3. The summed E-state index contributed by atoms with van der Waals surface area (Å²) in [6, 6.07) is 6.03. The van der Waals surface area contributed by atoms with E-state index in [9.17, 15) is 9.18 Å². The fourth-order valence-electron chi connectivity index (χ4n) is 4.01. The molecule has 3 aromatic rings. The Balaban J connectivity index is 1.54. The van der Waals surface area contributed by atoms with Gasteiger partial charge in [0.25, 0.3) is 5.91 Å². The fourth-order valence-corrected chi connectivity index (χ4v) is 4.01. The number of nitrogens with zero attached hydrogens (tertiary/aromatic N) is 4. The summed E-state index contributed by atoms with van der Waals surface area (Å²) >= 11 is 0. The van der Waals surface area contributed by atoms with E-state index in [0.29, 0.717) is 48.0 Å². The predicted octanol–water partition coefficient (Wildman–Crippen LogP) is 2.41. The Hall–Kier alpha value is -3.20. The number of benzene rings is 1. The first-order chi connectivity index (χ1) is 14.1. The molecule has 6 rings (SSSR count). The molecule has 2 bridgehead atoms. The van der Waals surface area contributed by atoms with E-state index in [1.165, 1.54) is 18.3 Å². The summed E-state index contributed by atoms with van der Waals surface area (Å²) in [6.07, 6.45) is 5.58. The van der Waals surface area contributed by atoms with Crippen LogP contribution < -0.4 is 15.1 Å². The molecule has 2 fully saturated rings. The Labute approximate surface area is 165 Å². The standard InChI is InChI=1S/C20H18FN5O3/c21-12-1-2-16-13(9-12)15-4-8-29-26(15)17-3-7-25-18(23-17)14(10-22-25)19(27)24-20(5-6-20)11-28-16/h1-3,7,9-10,15H,4-6,8,11H2,(H,24,27)/t15-/m1/s1. The maximum Gasteiger partial charge on any atom is 0.257 e. The highest BCUT2D eigenvalue weighted by Crippen LogP contribution is 2.41. The Morgan fingerprint density at radius 1 is 1.28 bits per heavy atom. The molecule has 3 aliphatic rings. The average Bonchev–Trinajstić information content (AvgIpc) is 3.14. The SMILES string of the molecule is O=C1NC2(CC2)COc2ccc(F)cc2[C@H]2CCON2c2ccn3ncc1c3n2. The highest BCUT2D eigenvalue weighted by atomic mass is 19.1. The smallest absolute Gasteiger partial charge is 0.257 e. The molecule has 1 spiro atoms. The largest absolute Gasteiger partial charge is 0.491 e. The first kappa shape index (κ1) is 16.7. The number of hydrogen-bond acceptors (Lipinski definition) is 6. The lowest BCUT2D eigenvalue weighted by Crippen LogP contribution is -2.41. The van der Waals surface area contributed by atoms with E-state index in [4.69, 9.17) is 9.57 Å². The molecule has 1 aromatic carbocycles. The molecule has 4 heterocycles. The number of carbonyl (C=O) groups is 1. The maximum absolute atomic E-state index is 14.1. The molecule has 2 aliphatic heterocycles. The second-order valence-corrected chi connectivity index (χ2v) is 7.78. The van der Waals surface area contributed by atoms with Gasteiger partial charge in [0.2, 0.25) is 0 Å². The van der Waals surface area contributed by atoms with Crippen molar-refractivity contribution in [1.82, 2.24) is 19.9 Å². The van der Waals surface area contributed by atoms with Crippen LogP contribution in [0.5, 0.6) is 5.75 Å². The van der Waals surface area contributed by atoms with E-state index in [1.54, 1.807) is 27.9 Å². The van der Waals surface area contributed by atoms with Gasteiger partial charge in [-0.15, -0.1) is 0 Å². The molecule has 1 aliphatic carbocycles. The minimum absolute atomic E-state index is 0.233. The molecule has 1 atom stereocenters. The van der Waals surface area contributed by atoms with Gasteiger partial charge < -0.3 is 10.1 Å². The molecule has 2 aromatic heterocycles. The molecule has 1 saturated carbocycles. The first-order valence-corrected chi connectivity index (χ1v) is 9.63. The number of fused-ring (bicyclic) bond motifs is 5. The van der Waals surface area contributed by atoms with Crippen LogP contribution in [-0.2, 0) is 4.84 Å². The average molecular weight is 395 g/mol. The topological polar surface area (TPSA) is 81.0 Å². The van der Waals surface area contributed by atoms with Crippen LogP contribution in [0.25, 0.3) is 5.65 Å². The highest BCUT2D eigenvalue weighted by Gasteiger charge is 2.46. The third-order valence-corrected chi connectivity index (χ3v) is 5.80. The molecular formula is C20H18FN5O3. The van der Waals surface area contributed by atoms with Crippen LogP contribution in [0, 0.1) is 5.82 Å². The van der Waals surface area contributed by atoms with Crippen molar-refractivity contribution >= 4 is 17.4 Å². The number of hydrogen-bond donors (Lipinski definition) is 1. The van der Waals surface area contributed by atoms with E-state index in [2.05, 4.69) is 15.4 Å². The van der Waals surface area contributed by atoms with Gasteiger partial charge in [0, 0.05) is 24.2 Å². The molecule has 0 radical (unpaired) electrons. The summed E-state index contributed by atoms with van der Waals surface area (Å²) in [5, 5.41) is 8.98. The Kier molecular flexibility index (Phi) is 3.40. The van der Waals surface area contributed by atoms with Crippen molar-refractivity contribution in [3.8, 4) is 5.75 Å². The third kappa shape index (κ3) is 2.65. The molecular weight excluding hydrogens is 377 g/mol. The molecule has 1 amide bonds. The Morgan fingerprint density at radius 2 is 2.17 bits per heavy atom. The number of halogens is 1. The second kappa shape index (κ2) is 5.90. The molecule has 29 heavy (non-hydrogen) atoms. The number of nitrogens with one attached hydrogen (secondary N) is 1. The van der Waals surface area contributed by atoms with Gasteiger partial charge in [-0.25, -0.2) is 19.0 Å². The number of anilines is 1. The highest BCUT2D eigenvalue weighted by molar-refractivity contribution is 6.00. The number of carbonyl (C=O) groups excluding carboxylic acids is 1. The molecule has 8 nitrogen and oxygen atoms in total. The van der Waals surface area contributed by atoms with Crippen molar-refractivity contribution in [2.24, 2.45) is 0 Å². The van der Waals surface area contributed by atoms with Crippen LogP contribution in [0.15, 0.2) is 36.7 Å². The van der Waals surface area contributed by atoms with Crippen LogP contribution in [0.2, 0.25) is 0 Å². The third-order valence-electron chi connectivity index (χ3n) is 5.80. The van der Waals surface area contributed by atoms with Gasteiger partial charge in [-0.1, -0.05) is 0 Å². The van der Waals surface area contributed by atoms with E-state index >= 15 is 0 Å². The van der Waals surface area contributed by atoms with Crippen molar-refractivity contribution in [3.63, 3.8) is 0 Å². The minimum atomic E-state index is -0.422. The lowest BCUT2D eigenvalue weighted by atomic mass is 10.0. The predicted molar refractivity (Wildman–Crippen MR) is 100 cm³/mol. The molecule has 1 saturated heterocycles. The van der Waals surface area contributed by atoms with Crippen molar-refractivity contribution in [1.29, 1.82) is 0 Å². The van der Waals surface area contributed by atoms with Gasteiger partial charge in [-0.05, 0) is 31.0 Å². The summed E-state index contributed by atoms with van der Waals surface area (Å²) < 4.78 is 21.8. The summed E-state index contributed by atoms with van der Waals surface area (Å²) in [6.45, 7) is 0.796. The van der Waals surface area contributed by atoms with Gasteiger partial charge >= 0.3 is 0 Å². The summed E-state index contributed by atoms with van der Waals surface area (Å²) in [5.74, 6) is 0.559. The van der Waals surface area contributed by atoms with Gasteiger partial charge in [0.15, 0.2) is 11.5 Å². The quantitative estimate of drug-likeness (QED) is 0.630. The fraction of sp³-hybridized carbons (Fsp3) is 0.350. The zero-order chi connectivity index (χ0) is 19.6. The first-order valence-electron chi connectivity index (χ1n) is 9.63. The van der Waals surface area contributed by atoms with E-state index < -0.39 is 5.54 Å². The maximum atomic E-state index is 14.1. The van der Waals surface area contributed by atoms with Crippen LogP contribution in [0.1, 0.15) is 41.2 Å². The van der Waals surface area contributed by atoms with Gasteiger partial charge in [0.1, 0.15) is 23.7 Å². The Morgan fingerprint density at radius 3 is 3.03 bits per heavy atom. The number of aromatic nitrogens is 3. The van der Waals surface area contributed by atoms with Crippen LogP contribution >= 0.6 is 0 Å². The van der Waals surface area contributed by atoms with Crippen molar-refractivity contribution in [2.75, 3.05) is 18.3 Å². The van der Waals surface area contributed by atoms with Crippen LogP contribution in [0.4, 0.5) is 10.2 Å². The zero-order valence-corrected chi connectivity index (χ0v) is 15.5. The minimum Gasteiger partial charge on any atom is -0.491 e. The lowest BCUT2D eigenvalue weighted by molar-refractivity contribution is 0.0914. The summed E-state index contributed by atoms with van der Waals surface area (Å²) in [7, 11) is 0. The van der Waals surface area contributed by atoms with Crippen molar-refractivity contribution in [2.45, 2.75) is 30.8 Å². The van der Waals surface area contributed by atoms with E-state index in [-0.39, 0.29) is 17.8 Å². The van der Waals surface area contributed by atoms with Crippen molar-refractivity contribution < 1.29 is 18.8 Å². The van der Waals surface area contributed by atoms with E-state index in [0.717, 1.165) is 12.8 Å². The van der Waals surface area contributed by atoms with Crippen LogP contribution in [0.3, 0.4) is 0 Å². The monoisotopic (exact) mass is 395 g/mol. The summed E-state index contributed by atoms with van der Waals surface area (Å²) in [5.41, 5.74) is 1.13.